The molecule has 2 aliphatic rings. The van der Waals surface area contributed by atoms with Gasteiger partial charge in [0.2, 0.25) is 10.0 Å². The number of carbonyl (C=O) groups is 2. The van der Waals surface area contributed by atoms with Crippen LogP contribution in [0.5, 0.6) is 0 Å². The molecular formula is C25H31N3O4S. The number of anilines is 1. The molecule has 0 unspecified atom stereocenters. The number of sulfonamides is 1. The van der Waals surface area contributed by atoms with Gasteiger partial charge < -0.3 is 10.2 Å². The van der Waals surface area contributed by atoms with Crippen LogP contribution in [0, 0.1) is 0 Å². The number of likely N-dealkylation sites (tertiary alicyclic amines) is 1. The number of nitrogens with one attached hydrogen (secondary N) is 1. The van der Waals surface area contributed by atoms with E-state index in [9.17, 15) is 18.0 Å². The van der Waals surface area contributed by atoms with E-state index in [1.165, 1.54) is 12.1 Å². The first-order valence-corrected chi connectivity index (χ1v) is 13.1. The van der Waals surface area contributed by atoms with Crippen LogP contribution in [0.15, 0.2) is 53.4 Å². The third-order valence-corrected chi connectivity index (χ3v) is 8.74. The zero-order valence-electron chi connectivity index (χ0n) is 19.2. The Morgan fingerprint density at radius 3 is 2.03 bits per heavy atom. The van der Waals surface area contributed by atoms with Crippen molar-refractivity contribution in [2.75, 3.05) is 18.4 Å². The predicted octanol–water partition coefficient (Wildman–Crippen LogP) is 4.13. The maximum absolute atomic E-state index is 13.2. The molecule has 0 radical (unpaired) electrons. The monoisotopic (exact) mass is 469 g/mol. The predicted molar refractivity (Wildman–Crippen MR) is 128 cm³/mol. The van der Waals surface area contributed by atoms with Crippen molar-refractivity contribution in [2.45, 2.75) is 62.9 Å². The normalized spacial score (nSPS) is 21.7. The van der Waals surface area contributed by atoms with Crippen molar-refractivity contribution in [3.8, 4) is 0 Å². The number of carbonyl (C=O) groups excluding carboxylic acids is 2. The van der Waals surface area contributed by atoms with Gasteiger partial charge in [0.25, 0.3) is 11.8 Å². The Hall–Kier alpha value is -2.71. The van der Waals surface area contributed by atoms with Crippen molar-refractivity contribution in [1.82, 2.24) is 9.21 Å². The summed E-state index contributed by atoms with van der Waals surface area (Å²) in [6, 6.07) is 13.0. The highest BCUT2D eigenvalue weighted by atomic mass is 32.2. The highest BCUT2D eigenvalue weighted by molar-refractivity contribution is 7.89. The number of rotatable bonds is 5. The number of piperidine rings is 1. The van der Waals surface area contributed by atoms with Crippen molar-refractivity contribution >= 4 is 27.5 Å². The van der Waals surface area contributed by atoms with Crippen molar-refractivity contribution in [3.63, 3.8) is 0 Å². The molecule has 2 saturated heterocycles. The quantitative estimate of drug-likeness (QED) is 0.713. The number of nitrogens with zero attached hydrogens (tertiary/aromatic N) is 2. The molecule has 2 atom stereocenters. The van der Waals surface area contributed by atoms with Crippen molar-refractivity contribution < 1.29 is 18.0 Å². The lowest BCUT2D eigenvalue weighted by Gasteiger charge is -2.37. The molecular weight excluding hydrogens is 438 g/mol. The van der Waals surface area contributed by atoms with Gasteiger partial charge >= 0.3 is 0 Å². The maximum atomic E-state index is 13.2. The molecule has 4 rings (SSSR count). The topological polar surface area (TPSA) is 86.8 Å². The average molecular weight is 470 g/mol. The first kappa shape index (κ1) is 23.4. The van der Waals surface area contributed by atoms with Crippen molar-refractivity contribution in [3.05, 3.63) is 59.7 Å². The van der Waals surface area contributed by atoms with Crippen LogP contribution < -0.4 is 5.32 Å². The van der Waals surface area contributed by atoms with Crippen molar-refractivity contribution in [2.24, 2.45) is 0 Å². The van der Waals surface area contributed by atoms with Gasteiger partial charge in [-0.15, -0.1) is 0 Å². The maximum Gasteiger partial charge on any atom is 0.256 e. The lowest BCUT2D eigenvalue weighted by atomic mass is 10.0. The van der Waals surface area contributed by atoms with Gasteiger partial charge in [0.15, 0.2) is 0 Å². The molecule has 2 heterocycles. The van der Waals surface area contributed by atoms with Crippen LogP contribution >= 0.6 is 0 Å². The highest BCUT2D eigenvalue weighted by Gasteiger charge is 2.35. The van der Waals surface area contributed by atoms with Gasteiger partial charge in [-0.2, -0.15) is 4.31 Å². The third-order valence-electron chi connectivity index (χ3n) is 6.60. The molecule has 0 spiro atoms. The molecule has 2 fully saturated rings. The summed E-state index contributed by atoms with van der Waals surface area (Å²) in [5.74, 6) is -0.531. The fourth-order valence-electron chi connectivity index (χ4n) is 4.86. The number of hydrogen-bond acceptors (Lipinski definition) is 4. The van der Waals surface area contributed by atoms with E-state index < -0.39 is 15.9 Å². The molecule has 33 heavy (non-hydrogen) atoms. The van der Waals surface area contributed by atoms with Gasteiger partial charge in [0.1, 0.15) is 0 Å². The number of benzene rings is 2. The van der Waals surface area contributed by atoms with Crippen LogP contribution in [-0.4, -0.2) is 54.6 Å². The second-order valence-corrected chi connectivity index (χ2v) is 10.8. The summed E-state index contributed by atoms with van der Waals surface area (Å²) in [6.07, 6.45) is 4.69. The molecule has 2 aliphatic heterocycles. The summed E-state index contributed by atoms with van der Waals surface area (Å²) in [5.41, 5.74) is 1.16. The van der Waals surface area contributed by atoms with Crippen LogP contribution in [0.25, 0.3) is 0 Å². The first-order valence-electron chi connectivity index (χ1n) is 11.6. The fraction of sp³-hybridized carbons (Fsp3) is 0.440. The van der Waals surface area contributed by atoms with Crippen LogP contribution in [0.2, 0.25) is 0 Å². The first-order chi connectivity index (χ1) is 15.8. The molecule has 2 aromatic rings. The van der Waals surface area contributed by atoms with Gasteiger partial charge in [-0.25, -0.2) is 8.42 Å². The average Bonchev–Trinajstić information content (AvgIpc) is 3.34. The second-order valence-electron chi connectivity index (χ2n) is 8.99. The van der Waals surface area contributed by atoms with Crippen LogP contribution in [0.3, 0.4) is 0 Å². The Morgan fingerprint density at radius 2 is 1.42 bits per heavy atom. The van der Waals surface area contributed by atoms with Crippen LogP contribution in [-0.2, 0) is 10.0 Å². The smallest absolute Gasteiger partial charge is 0.256 e. The van der Waals surface area contributed by atoms with E-state index in [1.54, 1.807) is 45.6 Å². The largest absolute Gasteiger partial charge is 0.339 e. The van der Waals surface area contributed by atoms with Gasteiger partial charge in [-0.1, -0.05) is 18.6 Å². The Labute approximate surface area is 195 Å². The fourth-order valence-corrected chi connectivity index (χ4v) is 6.74. The van der Waals surface area contributed by atoms with E-state index in [0.29, 0.717) is 29.9 Å². The standard InChI is InChI=1S/C25H31N3O4S/c1-18-8-7-9-19(2)28(18)33(31,32)21-14-12-20(13-15-21)26-24(29)22-10-3-4-11-23(22)25(30)27-16-5-6-17-27/h3-4,10-15,18-19H,5-9,16-17H2,1-2H3,(H,26,29)/t18-,19+. The summed E-state index contributed by atoms with van der Waals surface area (Å²) in [6.45, 7) is 5.31. The summed E-state index contributed by atoms with van der Waals surface area (Å²) < 4.78 is 28.0. The Kier molecular flexibility index (Phi) is 6.86. The summed E-state index contributed by atoms with van der Waals surface area (Å²) in [7, 11) is -3.61. The molecule has 1 N–H and O–H groups in total. The summed E-state index contributed by atoms with van der Waals surface area (Å²) in [4.78, 5) is 27.8. The Balaban J connectivity index is 1.51. The Bertz CT molecular complexity index is 1110. The molecule has 2 amide bonds. The number of amides is 2. The summed E-state index contributed by atoms with van der Waals surface area (Å²) in [5, 5.41) is 2.80. The van der Waals surface area contributed by atoms with Crippen molar-refractivity contribution in [1.29, 1.82) is 0 Å². The van der Waals surface area contributed by atoms with Crippen LogP contribution in [0.1, 0.15) is 66.7 Å². The van der Waals surface area contributed by atoms with Gasteiger partial charge in [-0.3, -0.25) is 9.59 Å². The lowest BCUT2D eigenvalue weighted by molar-refractivity contribution is 0.0787. The molecule has 0 saturated carbocycles. The van der Waals surface area contributed by atoms with E-state index >= 15 is 0 Å². The molecule has 0 bridgehead atoms. The molecule has 0 aliphatic carbocycles. The summed E-state index contributed by atoms with van der Waals surface area (Å²) >= 11 is 0. The van der Waals surface area contributed by atoms with Crippen LogP contribution in [0.4, 0.5) is 5.69 Å². The SMILES string of the molecule is C[C@@H]1CCC[C@H](C)N1S(=O)(=O)c1ccc(NC(=O)c2ccccc2C(=O)N2CCCC2)cc1. The highest BCUT2D eigenvalue weighted by Crippen LogP contribution is 2.30. The third kappa shape index (κ3) is 4.82. The van der Waals surface area contributed by atoms with E-state index in [2.05, 4.69) is 5.32 Å². The number of hydrogen-bond donors (Lipinski definition) is 1. The minimum atomic E-state index is -3.61. The van der Waals surface area contributed by atoms with Gasteiger partial charge in [-0.05, 0) is 75.9 Å². The molecule has 176 valence electrons. The van der Waals surface area contributed by atoms with Gasteiger partial charge in [0.05, 0.1) is 16.0 Å². The molecule has 0 aromatic heterocycles. The van der Waals surface area contributed by atoms with E-state index in [-0.39, 0.29) is 22.9 Å². The van der Waals surface area contributed by atoms with Gasteiger partial charge in [0, 0.05) is 30.9 Å². The zero-order chi connectivity index (χ0) is 23.6. The molecule has 2 aromatic carbocycles. The minimum absolute atomic E-state index is 0.0391. The second kappa shape index (κ2) is 9.65. The minimum Gasteiger partial charge on any atom is -0.339 e. The van der Waals surface area contributed by atoms with E-state index in [0.717, 1.165) is 32.1 Å². The van der Waals surface area contributed by atoms with E-state index in [1.807, 2.05) is 13.8 Å². The lowest BCUT2D eigenvalue weighted by Crippen LogP contribution is -2.47. The molecule has 8 heteroatoms. The molecule has 7 nitrogen and oxygen atoms in total. The Morgan fingerprint density at radius 1 is 0.848 bits per heavy atom. The zero-order valence-corrected chi connectivity index (χ0v) is 20.0. The van der Waals surface area contributed by atoms with E-state index in [4.69, 9.17) is 0 Å².